The zero-order valence-corrected chi connectivity index (χ0v) is 15.1. The van der Waals surface area contributed by atoms with Crippen LogP contribution in [0.25, 0.3) is 0 Å². The maximum atomic E-state index is 12.9. The van der Waals surface area contributed by atoms with Crippen LogP contribution >= 0.6 is 15.9 Å². The number of nitrogens with zero attached hydrogens (tertiary/aromatic N) is 1. The van der Waals surface area contributed by atoms with Gasteiger partial charge in [0.2, 0.25) is 0 Å². The molecule has 0 bridgehead atoms. The summed E-state index contributed by atoms with van der Waals surface area (Å²) in [6.07, 6.45) is -0.682. The fourth-order valence-electron chi connectivity index (χ4n) is 2.90. The van der Waals surface area contributed by atoms with Gasteiger partial charge in [-0.05, 0) is 23.3 Å². The minimum absolute atomic E-state index is 0.0193. The SMILES string of the molecule is CO[C@H](C(=O)N1CCO[C@@H](c2ccc(Br)cc2)C1)c1ccccc1. The third-order valence-corrected chi connectivity index (χ3v) is 4.71. The lowest BCUT2D eigenvalue weighted by molar-refractivity contribution is -0.150. The topological polar surface area (TPSA) is 38.8 Å². The van der Waals surface area contributed by atoms with Crippen molar-refractivity contribution in [2.45, 2.75) is 12.2 Å². The first-order valence-corrected chi connectivity index (χ1v) is 8.72. The van der Waals surface area contributed by atoms with E-state index in [1.54, 1.807) is 7.11 Å². The number of benzene rings is 2. The second-order valence-electron chi connectivity index (χ2n) is 5.72. The number of hydrogen-bond acceptors (Lipinski definition) is 3. The van der Waals surface area contributed by atoms with Gasteiger partial charge in [-0.15, -0.1) is 0 Å². The van der Waals surface area contributed by atoms with Crippen molar-refractivity contribution in [1.82, 2.24) is 4.90 Å². The highest BCUT2D eigenvalue weighted by atomic mass is 79.9. The standard InChI is InChI=1S/C19H20BrNO3/c1-23-18(15-5-3-2-4-6-15)19(22)21-11-12-24-17(13-21)14-7-9-16(20)10-8-14/h2-10,17-18H,11-13H2,1H3/t17-,18+/m1/s1. The molecule has 0 unspecified atom stereocenters. The number of carbonyl (C=O) groups excluding carboxylic acids is 1. The molecule has 1 aliphatic rings. The highest BCUT2D eigenvalue weighted by Gasteiger charge is 2.30. The van der Waals surface area contributed by atoms with Gasteiger partial charge in [0.15, 0.2) is 6.10 Å². The number of carbonyl (C=O) groups is 1. The van der Waals surface area contributed by atoms with Gasteiger partial charge >= 0.3 is 0 Å². The highest BCUT2D eigenvalue weighted by molar-refractivity contribution is 9.10. The zero-order chi connectivity index (χ0) is 16.9. The second-order valence-corrected chi connectivity index (χ2v) is 6.64. The quantitative estimate of drug-likeness (QED) is 0.799. The molecule has 24 heavy (non-hydrogen) atoms. The van der Waals surface area contributed by atoms with E-state index in [1.165, 1.54) is 0 Å². The van der Waals surface area contributed by atoms with Gasteiger partial charge in [-0.2, -0.15) is 0 Å². The van der Waals surface area contributed by atoms with Crippen LogP contribution in [0.3, 0.4) is 0 Å². The third kappa shape index (κ3) is 3.86. The summed E-state index contributed by atoms with van der Waals surface area (Å²) >= 11 is 3.44. The zero-order valence-electron chi connectivity index (χ0n) is 13.5. The van der Waals surface area contributed by atoms with Crippen LogP contribution in [-0.2, 0) is 14.3 Å². The van der Waals surface area contributed by atoms with Gasteiger partial charge in [-0.25, -0.2) is 0 Å². The Labute approximate surface area is 150 Å². The van der Waals surface area contributed by atoms with Crippen molar-refractivity contribution in [3.05, 3.63) is 70.2 Å². The number of methoxy groups -OCH3 is 1. The molecule has 1 amide bonds. The molecule has 2 aromatic carbocycles. The van der Waals surface area contributed by atoms with Crippen LogP contribution in [0.15, 0.2) is 59.1 Å². The normalized spacial score (nSPS) is 19.1. The van der Waals surface area contributed by atoms with E-state index in [4.69, 9.17) is 9.47 Å². The van der Waals surface area contributed by atoms with Gasteiger partial charge in [0.1, 0.15) is 6.10 Å². The number of amides is 1. The Balaban J connectivity index is 1.73. The molecule has 0 radical (unpaired) electrons. The summed E-state index contributed by atoms with van der Waals surface area (Å²) in [5.41, 5.74) is 1.95. The number of ether oxygens (including phenoxy) is 2. The van der Waals surface area contributed by atoms with E-state index in [2.05, 4.69) is 15.9 Å². The Morgan fingerprint density at radius 1 is 1.21 bits per heavy atom. The molecule has 4 nitrogen and oxygen atoms in total. The van der Waals surface area contributed by atoms with E-state index in [0.717, 1.165) is 15.6 Å². The van der Waals surface area contributed by atoms with E-state index >= 15 is 0 Å². The highest BCUT2D eigenvalue weighted by Crippen LogP contribution is 2.27. The Kier molecular flexibility index (Phi) is 5.66. The number of hydrogen-bond donors (Lipinski definition) is 0. The van der Waals surface area contributed by atoms with Crippen molar-refractivity contribution in [2.75, 3.05) is 26.8 Å². The van der Waals surface area contributed by atoms with E-state index in [9.17, 15) is 4.79 Å². The Bertz CT molecular complexity index is 675. The smallest absolute Gasteiger partial charge is 0.256 e. The van der Waals surface area contributed by atoms with Crippen LogP contribution < -0.4 is 0 Å². The average molecular weight is 390 g/mol. The molecule has 1 aliphatic heterocycles. The molecular formula is C19H20BrNO3. The van der Waals surface area contributed by atoms with Gasteiger partial charge in [0, 0.05) is 18.1 Å². The lowest BCUT2D eigenvalue weighted by atomic mass is 10.1. The monoisotopic (exact) mass is 389 g/mol. The van der Waals surface area contributed by atoms with E-state index < -0.39 is 6.10 Å². The second kappa shape index (κ2) is 7.92. The third-order valence-electron chi connectivity index (χ3n) is 4.18. The molecule has 1 saturated heterocycles. The molecule has 126 valence electrons. The first-order chi connectivity index (χ1) is 11.7. The van der Waals surface area contributed by atoms with Crippen molar-refractivity contribution < 1.29 is 14.3 Å². The maximum Gasteiger partial charge on any atom is 0.256 e. The summed E-state index contributed by atoms with van der Waals surface area (Å²) in [6, 6.07) is 17.6. The summed E-state index contributed by atoms with van der Waals surface area (Å²) < 4.78 is 12.3. The molecular weight excluding hydrogens is 370 g/mol. The molecule has 2 aromatic rings. The molecule has 0 N–H and O–H groups in total. The average Bonchev–Trinajstić information content (AvgIpc) is 2.64. The Morgan fingerprint density at radius 3 is 2.58 bits per heavy atom. The summed E-state index contributed by atoms with van der Waals surface area (Å²) in [5.74, 6) is -0.0193. The van der Waals surface area contributed by atoms with E-state index in [-0.39, 0.29) is 12.0 Å². The van der Waals surface area contributed by atoms with Crippen LogP contribution in [-0.4, -0.2) is 37.6 Å². The van der Waals surface area contributed by atoms with Crippen LogP contribution in [0, 0.1) is 0 Å². The summed E-state index contributed by atoms with van der Waals surface area (Å²) in [6.45, 7) is 1.64. The maximum absolute atomic E-state index is 12.9. The number of morpholine rings is 1. The summed E-state index contributed by atoms with van der Waals surface area (Å²) in [5, 5.41) is 0. The fraction of sp³-hybridized carbons (Fsp3) is 0.316. The molecule has 1 fully saturated rings. The minimum atomic E-state index is -0.574. The predicted molar refractivity (Wildman–Crippen MR) is 95.6 cm³/mol. The van der Waals surface area contributed by atoms with Crippen LogP contribution in [0.2, 0.25) is 0 Å². The lowest BCUT2D eigenvalue weighted by Crippen LogP contribution is -2.44. The van der Waals surface area contributed by atoms with Crippen LogP contribution in [0.5, 0.6) is 0 Å². The largest absolute Gasteiger partial charge is 0.370 e. The lowest BCUT2D eigenvalue weighted by Gasteiger charge is -2.35. The molecule has 1 heterocycles. The number of halogens is 1. The minimum Gasteiger partial charge on any atom is -0.370 e. The molecule has 5 heteroatoms. The molecule has 0 aromatic heterocycles. The van der Waals surface area contributed by atoms with Crippen LogP contribution in [0.4, 0.5) is 0 Å². The molecule has 3 rings (SSSR count). The first kappa shape index (κ1) is 17.1. The fourth-order valence-corrected chi connectivity index (χ4v) is 3.17. The molecule has 0 saturated carbocycles. The van der Waals surface area contributed by atoms with Gasteiger partial charge in [0.05, 0.1) is 13.2 Å². The van der Waals surface area contributed by atoms with Crippen molar-refractivity contribution in [2.24, 2.45) is 0 Å². The predicted octanol–water partition coefficient (Wildman–Crippen LogP) is 3.74. The molecule has 0 aliphatic carbocycles. The Morgan fingerprint density at radius 2 is 1.92 bits per heavy atom. The van der Waals surface area contributed by atoms with Gasteiger partial charge in [-0.1, -0.05) is 58.4 Å². The number of rotatable bonds is 4. The molecule has 2 atom stereocenters. The van der Waals surface area contributed by atoms with Crippen molar-refractivity contribution in [3.63, 3.8) is 0 Å². The van der Waals surface area contributed by atoms with Gasteiger partial charge in [0.25, 0.3) is 5.91 Å². The van der Waals surface area contributed by atoms with Gasteiger partial charge in [-0.3, -0.25) is 4.79 Å². The molecule has 0 spiro atoms. The Hall–Kier alpha value is -1.69. The van der Waals surface area contributed by atoms with E-state index in [0.29, 0.717) is 19.7 Å². The summed E-state index contributed by atoms with van der Waals surface area (Å²) in [7, 11) is 1.57. The summed E-state index contributed by atoms with van der Waals surface area (Å²) in [4.78, 5) is 14.7. The van der Waals surface area contributed by atoms with Crippen molar-refractivity contribution in [3.8, 4) is 0 Å². The van der Waals surface area contributed by atoms with Crippen molar-refractivity contribution in [1.29, 1.82) is 0 Å². The first-order valence-electron chi connectivity index (χ1n) is 7.92. The van der Waals surface area contributed by atoms with Crippen LogP contribution in [0.1, 0.15) is 23.3 Å². The van der Waals surface area contributed by atoms with E-state index in [1.807, 2.05) is 59.5 Å². The van der Waals surface area contributed by atoms with Crippen molar-refractivity contribution >= 4 is 21.8 Å². The van der Waals surface area contributed by atoms with Gasteiger partial charge < -0.3 is 14.4 Å².